The molecule has 0 radical (unpaired) electrons. The summed E-state index contributed by atoms with van der Waals surface area (Å²) in [6.45, 7) is 3.81. The second-order valence-corrected chi connectivity index (χ2v) is 6.90. The van der Waals surface area contributed by atoms with Crippen molar-refractivity contribution in [3.05, 3.63) is 95.1 Å². The molecule has 0 amide bonds. The Morgan fingerprint density at radius 2 is 1.68 bits per heavy atom. The van der Waals surface area contributed by atoms with Gasteiger partial charge in [-0.05, 0) is 49.2 Å². The summed E-state index contributed by atoms with van der Waals surface area (Å²) in [6.07, 6.45) is 3.32. The molecule has 1 unspecified atom stereocenters. The zero-order valence-corrected chi connectivity index (χ0v) is 15.6. The van der Waals surface area contributed by atoms with Gasteiger partial charge in [-0.15, -0.1) is 0 Å². The average Bonchev–Trinajstić information content (AvgIpc) is 2.67. The summed E-state index contributed by atoms with van der Waals surface area (Å²) in [5.41, 5.74) is 3.32. The molecule has 4 rings (SSSR count). The van der Waals surface area contributed by atoms with Gasteiger partial charge in [-0.2, -0.15) is 0 Å². The molecule has 5 heteroatoms. The van der Waals surface area contributed by atoms with Gasteiger partial charge in [-0.25, -0.2) is 9.37 Å². The van der Waals surface area contributed by atoms with E-state index < -0.39 is 6.04 Å². The molecule has 4 nitrogen and oxygen atoms in total. The normalized spacial score (nSPS) is 12.1. The first-order valence-electron chi connectivity index (χ1n) is 9.05. The predicted molar refractivity (Wildman–Crippen MR) is 109 cm³/mol. The molecule has 2 heterocycles. The Morgan fingerprint density at radius 3 is 2.46 bits per heavy atom. The SMILES string of the molecule is Cc1ccnc(NC(c2ccc(C)cc2F)c2ccc3cccnc3c2O)c1. The molecule has 140 valence electrons. The van der Waals surface area contributed by atoms with Gasteiger partial charge in [0.15, 0.2) is 0 Å². The number of phenols is 1. The van der Waals surface area contributed by atoms with Gasteiger partial charge in [0, 0.05) is 28.9 Å². The summed E-state index contributed by atoms with van der Waals surface area (Å²) in [5, 5.41) is 15.0. The topological polar surface area (TPSA) is 58.0 Å². The molecule has 2 N–H and O–H groups in total. The van der Waals surface area contributed by atoms with Crippen LogP contribution >= 0.6 is 0 Å². The van der Waals surface area contributed by atoms with E-state index in [9.17, 15) is 9.50 Å². The van der Waals surface area contributed by atoms with Crippen LogP contribution < -0.4 is 5.32 Å². The number of rotatable bonds is 4. The Kier molecular flexibility index (Phi) is 4.65. The minimum atomic E-state index is -0.624. The molecule has 0 saturated carbocycles. The molecule has 2 aromatic carbocycles. The van der Waals surface area contributed by atoms with Crippen LogP contribution in [0.1, 0.15) is 28.3 Å². The fourth-order valence-corrected chi connectivity index (χ4v) is 3.33. The van der Waals surface area contributed by atoms with Crippen LogP contribution in [0.4, 0.5) is 10.2 Å². The van der Waals surface area contributed by atoms with E-state index in [4.69, 9.17) is 0 Å². The molecule has 1 atom stereocenters. The average molecular weight is 373 g/mol. The number of fused-ring (bicyclic) bond motifs is 1. The summed E-state index contributed by atoms with van der Waals surface area (Å²) in [4.78, 5) is 8.63. The molecule has 0 aliphatic rings. The van der Waals surface area contributed by atoms with E-state index in [0.29, 0.717) is 22.5 Å². The maximum Gasteiger partial charge on any atom is 0.147 e. The van der Waals surface area contributed by atoms with E-state index in [1.165, 1.54) is 6.07 Å². The maximum absolute atomic E-state index is 14.9. The number of phenolic OH excluding ortho intramolecular Hbond substituents is 1. The minimum Gasteiger partial charge on any atom is -0.505 e. The van der Waals surface area contributed by atoms with Crippen molar-refractivity contribution in [2.75, 3.05) is 5.32 Å². The van der Waals surface area contributed by atoms with Gasteiger partial charge < -0.3 is 10.4 Å². The molecule has 2 aromatic heterocycles. The third-order valence-electron chi connectivity index (χ3n) is 4.76. The van der Waals surface area contributed by atoms with Crippen LogP contribution in [0.25, 0.3) is 10.9 Å². The van der Waals surface area contributed by atoms with Gasteiger partial charge in [0.2, 0.25) is 0 Å². The summed E-state index contributed by atoms with van der Waals surface area (Å²) in [5.74, 6) is 0.291. The quantitative estimate of drug-likeness (QED) is 0.510. The number of nitrogens with one attached hydrogen (secondary N) is 1. The van der Waals surface area contributed by atoms with Crippen LogP contribution in [0, 0.1) is 19.7 Å². The number of pyridine rings is 2. The van der Waals surface area contributed by atoms with Crippen molar-refractivity contribution < 1.29 is 9.50 Å². The summed E-state index contributed by atoms with van der Waals surface area (Å²) in [6, 6.07) is 15.6. The third kappa shape index (κ3) is 3.39. The lowest BCUT2D eigenvalue weighted by Gasteiger charge is -2.23. The first-order chi connectivity index (χ1) is 13.5. The maximum atomic E-state index is 14.9. The van der Waals surface area contributed by atoms with E-state index in [-0.39, 0.29) is 11.6 Å². The van der Waals surface area contributed by atoms with Crippen LogP contribution in [0.3, 0.4) is 0 Å². The number of benzene rings is 2. The number of nitrogens with zero attached hydrogens (tertiary/aromatic N) is 2. The Balaban J connectivity index is 1.88. The van der Waals surface area contributed by atoms with Gasteiger partial charge in [0.1, 0.15) is 22.9 Å². The Labute approximate surface area is 162 Å². The minimum absolute atomic E-state index is 0.0308. The molecule has 0 aliphatic heterocycles. The molecule has 0 fully saturated rings. The smallest absolute Gasteiger partial charge is 0.147 e. The van der Waals surface area contributed by atoms with Gasteiger partial charge >= 0.3 is 0 Å². The van der Waals surface area contributed by atoms with Crippen molar-refractivity contribution in [2.45, 2.75) is 19.9 Å². The number of hydrogen-bond donors (Lipinski definition) is 2. The van der Waals surface area contributed by atoms with E-state index in [1.807, 2.05) is 50.2 Å². The van der Waals surface area contributed by atoms with Crippen LogP contribution in [0.15, 0.2) is 67.0 Å². The molecule has 4 aromatic rings. The van der Waals surface area contributed by atoms with Gasteiger partial charge in [0.25, 0.3) is 0 Å². The highest BCUT2D eigenvalue weighted by Gasteiger charge is 2.23. The lowest BCUT2D eigenvalue weighted by molar-refractivity contribution is 0.470. The molecule has 28 heavy (non-hydrogen) atoms. The summed E-state index contributed by atoms with van der Waals surface area (Å²) in [7, 11) is 0. The van der Waals surface area contributed by atoms with Gasteiger partial charge in [-0.1, -0.05) is 30.3 Å². The Hall–Kier alpha value is -3.47. The van der Waals surface area contributed by atoms with Crippen molar-refractivity contribution in [1.82, 2.24) is 9.97 Å². The zero-order valence-electron chi connectivity index (χ0n) is 15.6. The number of anilines is 1. The second kappa shape index (κ2) is 7.27. The highest BCUT2D eigenvalue weighted by Crippen LogP contribution is 2.37. The fraction of sp³-hybridized carbons (Fsp3) is 0.130. The molecule has 0 spiro atoms. The Bertz CT molecular complexity index is 1160. The van der Waals surface area contributed by atoms with E-state index in [0.717, 1.165) is 16.5 Å². The lowest BCUT2D eigenvalue weighted by atomic mass is 9.95. The first-order valence-corrected chi connectivity index (χ1v) is 9.05. The van der Waals surface area contributed by atoms with Crippen LogP contribution in [0.5, 0.6) is 5.75 Å². The molecule has 0 saturated heterocycles. The van der Waals surface area contributed by atoms with Crippen molar-refractivity contribution in [3.63, 3.8) is 0 Å². The number of aromatic hydroxyl groups is 1. The van der Waals surface area contributed by atoms with E-state index in [1.54, 1.807) is 24.5 Å². The van der Waals surface area contributed by atoms with Gasteiger partial charge in [0.05, 0.1) is 6.04 Å². The molecule has 0 bridgehead atoms. The zero-order chi connectivity index (χ0) is 19.7. The van der Waals surface area contributed by atoms with Crippen molar-refractivity contribution in [1.29, 1.82) is 0 Å². The molecular formula is C23H20FN3O. The highest BCUT2D eigenvalue weighted by molar-refractivity contribution is 5.86. The third-order valence-corrected chi connectivity index (χ3v) is 4.76. The summed E-state index contributed by atoms with van der Waals surface area (Å²) < 4.78 is 14.9. The van der Waals surface area contributed by atoms with Crippen LogP contribution in [0.2, 0.25) is 0 Å². The monoisotopic (exact) mass is 373 g/mol. The van der Waals surface area contributed by atoms with Gasteiger partial charge in [-0.3, -0.25) is 4.98 Å². The molecular weight excluding hydrogens is 353 g/mol. The van der Waals surface area contributed by atoms with Crippen molar-refractivity contribution in [3.8, 4) is 5.75 Å². The van der Waals surface area contributed by atoms with E-state index >= 15 is 0 Å². The van der Waals surface area contributed by atoms with Crippen molar-refractivity contribution in [2.24, 2.45) is 0 Å². The largest absolute Gasteiger partial charge is 0.505 e. The van der Waals surface area contributed by atoms with Crippen LogP contribution in [-0.4, -0.2) is 15.1 Å². The second-order valence-electron chi connectivity index (χ2n) is 6.90. The highest BCUT2D eigenvalue weighted by atomic mass is 19.1. The molecule has 0 aliphatic carbocycles. The van der Waals surface area contributed by atoms with Crippen LogP contribution in [-0.2, 0) is 0 Å². The standard InChI is InChI=1S/C23H20FN3O/c1-14-5-7-17(19(24)12-14)22(27-20-13-15(2)9-11-25-20)18-8-6-16-4-3-10-26-21(16)23(18)28/h3-13,22,28H,1-2H3,(H,25,27). The number of halogens is 1. The van der Waals surface area contributed by atoms with E-state index in [2.05, 4.69) is 15.3 Å². The lowest BCUT2D eigenvalue weighted by Crippen LogP contribution is -2.15. The summed E-state index contributed by atoms with van der Waals surface area (Å²) >= 11 is 0. The van der Waals surface area contributed by atoms with Crippen molar-refractivity contribution >= 4 is 16.7 Å². The number of aromatic nitrogens is 2. The number of hydrogen-bond acceptors (Lipinski definition) is 4. The first kappa shape index (κ1) is 17.9. The fourth-order valence-electron chi connectivity index (χ4n) is 3.33. The number of aryl methyl sites for hydroxylation is 2. The predicted octanol–water partition coefficient (Wildman–Crippen LogP) is 5.29. The Morgan fingerprint density at radius 1 is 0.893 bits per heavy atom.